The van der Waals surface area contributed by atoms with Crippen molar-refractivity contribution in [3.63, 3.8) is 0 Å². The maximum Gasteiger partial charge on any atom is 0.311 e. The van der Waals surface area contributed by atoms with Gasteiger partial charge in [0.1, 0.15) is 10.0 Å². The Balaban J connectivity index is 1.74. The Kier molecular flexibility index (Phi) is 9.53. The van der Waals surface area contributed by atoms with Crippen molar-refractivity contribution in [2.75, 3.05) is 13.2 Å². The molecule has 2 heterocycles. The minimum atomic E-state index is -0.462. The van der Waals surface area contributed by atoms with Crippen LogP contribution in [0.15, 0.2) is 59.6 Å². The second-order valence-electron chi connectivity index (χ2n) is 9.29. The Hall–Kier alpha value is -3.50. The van der Waals surface area contributed by atoms with Gasteiger partial charge in [0.15, 0.2) is 5.75 Å². The number of nitro benzene ring substituents is 1. The molecule has 2 aromatic carbocycles. The molecule has 8 nitrogen and oxygen atoms in total. The SMILES string of the molecule is CCCCC(CC)CN1C(=O)/C(=C/c2cn(-c3ccccc3)nc2-c2ccc(OCC)c([N+](=O)[O-])c2)SC1=S. The van der Waals surface area contributed by atoms with Gasteiger partial charge in [-0.25, -0.2) is 4.68 Å². The number of thiocarbonyl (C=S) groups is 1. The maximum atomic E-state index is 13.4. The van der Waals surface area contributed by atoms with Crippen molar-refractivity contribution < 1.29 is 14.5 Å². The van der Waals surface area contributed by atoms with E-state index in [1.807, 2.05) is 36.5 Å². The second-order valence-corrected chi connectivity index (χ2v) is 11.0. The molecule has 39 heavy (non-hydrogen) atoms. The van der Waals surface area contributed by atoms with E-state index in [2.05, 4.69) is 13.8 Å². The van der Waals surface area contributed by atoms with Crippen LogP contribution in [0.5, 0.6) is 5.75 Å². The summed E-state index contributed by atoms with van der Waals surface area (Å²) in [5.74, 6) is 0.480. The molecule has 1 atom stereocenters. The monoisotopic (exact) mass is 564 g/mol. The average molecular weight is 565 g/mol. The highest BCUT2D eigenvalue weighted by Gasteiger charge is 2.33. The normalized spacial score (nSPS) is 15.3. The predicted molar refractivity (Wildman–Crippen MR) is 160 cm³/mol. The van der Waals surface area contributed by atoms with Crippen LogP contribution in [0, 0.1) is 16.0 Å². The molecule has 10 heteroatoms. The van der Waals surface area contributed by atoms with Crippen LogP contribution < -0.4 is 4.74 Å². The third-order valence-corrected chi connectivity index (χ3v) is 8.01. The summed E-state index contributed by atoms with van der Waals surface area (Å²) >= 11 is 6.88. The molecule has 1 aromatic heterocycles. The molecule has 1 amide bonds. The van der Waals surface area contributed by atoms with Gasteiger partial charge >= 0.3 is 5.69 Å². The molecule has 1 aliphatic rings. The number of carbonyl (C=O) groups excluding carboxylic acids is 1. The first kappa shape index (κ1) is 28.5. The number of unbranched alkanes of at least 4 members (excludes halogenated alkanes) is 1. The number of ether oxygens (including phenoxy) is 1. The fourth-order valence-electron chi connectivity index (χ4n) is 4.49. The minimum Gasteiger partial charge on any atom is -0.487 e. The van der Waals surface area contributed by atoms with Gasteiger partial charge in [-0.15, -0.1) is 0 Å². The number of rotatable bonds is 12. The molecular weight excluding hydrogens is 532 g/mol. The molecule has 1 unspecified atom stereocenters. The number of benzene rings is 2. The molecule has 0 spiro atoms. The molecule has 0 aliphatic carbocycles. The summed E-state index contributed by atoms with van der Waals surface area (Å²) in [7, 11) is 0. The summed E-state index contributed by atoms with van der Waals surface area (Å²) in [4.78, 5) is 27.0. The van der Waals surface area contributed by atoms with Crippen molar-refractivity contribution in [2.45, 2.75) is 46.5 Å². The topological polar surface area (TPSA) is 90.5 Å². The van der Waals surface area contributed by atoms with Crippen LogP contribution in [0.2, 0.25) is 0 Å². The number of amides is 1. The molecular formula is C29H32N4O4S2. The summed E-state index contributed by atoms with van der Waals surface area (Å²) in [6.07, 6.45) is 7.91. The largest absolute Gasteiger partial charge is 0.487 e. The maximum absolute atomic E-state index is 13.4. The molecule has 0 bridgehead atoms. The number of hydrogen-bond acceptors (Lipinski definition) is 7. The molecule has 1 saturated heterocycles. The first-order valence-electron chi connectivity index (χ1n) is 13.2. The lowest BCUT2D eigenvalue weighted by Crippen LogP contribution is -2.33. The number of carbonyl (C=O) groups is 1. The van der Waals surface area contributed by atoms with Crippen molar-refractivity contribution in [3.05, 3.63) is 75.3 Å². The Labute approximate surface area is 238 Å². The molecule has 4 rings (SSSR count). The van der Waals surface area contributed by atoms with Crippen LogP contribution in [-0.4, -0.2) is 43.0 Å². The number of aromatic nitrogens is 2. The lowest BCUT2D eigenvalue weighted by atomic mass is 9.99. The fraction of sp³-hybridized carbons (Fsp3) is 0.345. The first-order valence-corrected chi connectivity index (χ1v) is 14.4. The van der Waals surface area contributed by atoms with Crippen molar-refractivity contribution in [1.82, 2.24) is 14.7 Å². The van der Waals surface area contributed by atoms with Crippen molar-refractivity contribution in [2.24, 2.45) is 5.92 Å². The van der Waals surface area contributed by atoms with E-state index in [4.69, 9.17) is 22.1 Å². The quantitative estimate of drug-likeness (QED) is 0.0989. The summed E-state index contributed by atoms with van der Waals surface area (Å²) < 4.78 is 7.72. The Morgan fingerprint density at radius 3 is 2.62 bits per heavy atom. The summed E-state index contributed by atoms with van der Waals surface area (Å²) in [6.45, 7) is 7.02. The van der Waals surface area contributed by atoms with Crippen molar-refractivity contribution in [1.29, 1.82) is 0 Å². The van der Waals surface area contributed by atoms with E-state index in [-0.39, 0.29) is 17.3 Å². The minimum absolute atomic E-state index is 0.115. The smallest absolute Gasteiger partial charge is 0.311 e. The summed E-state index contributed by atoms with van der Waals surface area (Å²) in [5, 5.41) is 16.6. The molecule has 1 aliphatic heterocycles. The molecule has 1 fully saturated rings. The zero-order valence-electron chi connectivity index (χ0n) is 22.3. The average Bonchev–Trinajstić information content (AvgIpc) is 3.47. The van der Waals surface area contributed by atoms with Crippen LogP contribution in [0.1, 0.15) is 52.0 Å². The Bertz CT molecular complexity index is 1390. The number of thioether (sulfide) groups is 1. The van der Waals surface area contributed by atoms with Crippen LogP contribution in [-0.2, 0) is 4.79 Å². The Morgan fingerprint density at radius 2 is 1.95 bits per heavy atom. The van der Waals surface area contributed by atoms with E-state index in [0.717, 1.165) is 31.4 Å². The highest BCUT2D eigenvalue weighted by atomic mass is 32.2. The highest BCUT2D eigenvalue weighted by molar-refractivity contribution is 8.26. The van der Waals surface area contributed by atoms with E-state index < -0.39 is 4.92 Å². The second kappa shape index (κ2) is 13.0. The van der Waals surface area contributed by atoms with Crippen molar-refractivity contribution >= 4 is 46.0 Å². The van der Waals surface area contributed by atoms with Crippen LogP contribution in [0.3, 0.4) is 0 Å². The standard InChI is InChI=1S/C29H32N4O4S2/c1-4-7-11-20(5-2)18-31-28(34)26(39-29(31)38)17-22-19-32(23-12-9-8-10-13-23)30-27(22)21-14-15-25(37-6-3)24(16-21)33(35)36/h8-10,12-17,19-20H,4-7,11,18H2,1-3H3/b26-17-. The third-order valence-electron chi connectivity index (χ3n) is 6.64. The zero-order valence-corrected chi connectivity index (χ0v) is 24.0. The summed E-state index contributed by atoms with van der Waals surface area (Å²) in [5.41, 5.74) is 2.42. The number of nitro groups is 1. The molecule has 0 saturated carbocycles. The zero-order chi connectivity index (χ0) is 27.9. The lowest BCUT2D eigenvalue weighted by Gasteiger charge is -2.21. The van der Waals surface area contributed by atoms with Gasteiger partial charge in [-0.3, -0.25) is 19.8 Å². The van der Waals surface area contributed by atoms with Crippen LogP contribution >= 0.6 is 24.0 Å². The highest BCUT2D eigenvalue weighted by Crippen LogP contribution is 2.38. The third kappa shape index (κ3) is 6.57. The number of hydrogen-bond donors (Lipinski definition) is 0. The summed E-state index contributed by atoms with van der Waals surface area (Å²) in [6, 6.07) is 14.4. The molecule has 0 radical (unpaired) electrons. The van der Waals surface area contributed by atoms with Gasteiger partial charge in [0.25, 0.3) is 5.91 Å². The fourth-order valence-corrected chi connectivity index (χ4v) is 5.76. The Morgan fingerprint density at radius 1 is 1.18 bits per heavy atom. The van der Waals surface area contributed by atoms with E-state index in [1.165, 1.54) is 17.8 Å². The van der Waals surface area contributed by atoms with Gasteiger partial charge < -0.3 is 4.74 Å². The lowest BCUT2D eigenvalue weighted by molar-refractivity contribution is -0.385. The van der Waals surface area contributed by atoms with Crippen LogP contribution in [0.4, 0.5) is 5.69 Å². The molecule has 204 valence electrons. The van der Waals surface area contributed by atoms with E-state index in [1.54, 1.807) is 34.7 Å². The first-order chi connectivity index (χ1) is 18.9. The van der Waals surface area contributed by atoms with E-state index >= 15 is 0 Å². The van der Waals surface area contributed by atoms with Crippen molar-refractivity contribution in [3.8, 4) is 22.7 Å². The van der Waals surface area contributed by atoms with E-state index in [9.17, 15) is 14.9 Å². The van der Waals surface area contributed by atoms with Gasteiger partial charge in [0.2, 0.25) is 0 Å². The molecule has 3 aromatic rings. The van der Waals surface area contributed by atoms with Gasteiger partial charge in [-0.1, -0.05) is 75.3 Å². The molecule has 0 N–H and O–H groups in total. The van der Waals surface area contributed by atoms with Gasteiger partial charge in [0.05, 0.1) is 22.1 Å². The van der Waals surface area contributed by atoms with Gasteiger partial charge in [-0.05, 0) is 49.6 Å². The van der Waals surface area contributed by atoms with Gasteiger partial charge in [0, 0.05) is 29.9 Å². The van der Waals surface area contributed by atoms with Crippen LogP contribution in [0.25, 0.3) is 23.0 Å². The number of para-hydroxylation sites is 1. The van der Waals surface area contributed by atoms with E-state index in [0.29, 0.717) is 45.1 Å². The predicted octanol–water partition coefficient (Wildman–Crippen LogP) is 7.26. The number of nitrogens with zero attached hydrogens (tertiary/aromatic N) is 4. The van der Waals surface area contributed by atoms with Gasteiger partial charge in [-0.2, -0.15) is 5.10 Å².